The highest BCUT2D eigenvalue weighted by atomic mass is 35.5. The van der Waals surface area contributed by atoms with Gasteiger partial charge in [-0.25, -0.2) is 14.2 Å². The van der Waals surface area contributed by atoms with Crippen molar-refractivity contribution in [2.24, 2.45) is 0 Å². The first-order valence-electron chi connectivity index (χ1n) is 11.3. The average molecular weight is 483 g/mol. The molecular weight excluding hydrogens is 455 g/mol. The molecule has 0 bridgehead atoms. The molecule has 178 valence electrons. The van der Waals surface area contributed by atoms with E-state index in [-0.39, 0.29) is 11.8 Å². The molecule has 1 aromatic heterocycles. The van der Waals surface area contributed by atoms with Gasteiger partial charge in [0.2, 0.25) is 0 Å². The molecule has 0 spiro atoms. The number of rotatable bonds is 6. The molecule has 0 aliphatic carbocycles. The summed E-state index contributed by atoms with van der Waals surface area (Å²) in [5.41, 5.74) is 2.59. The van der Waals surface area contributed by atoms with Gasteiger partial charge in [-0.2, -0.15) is 0 Å². The average Bonchev–Trinajstić information content (AvgIpc) is 2.85. The minimum atomic E-state index is -0.324. The van der Waals surface area contributed by atoms with E-state index in [1.54, 1.807) is 36.5 Å². The molecule has 0 saturated carbocycles. The number of amides is 2. The van der Waals surface area contributed by atoms with E-state index >= 15 is 4.39 Å². The maximum absolute atomic E-state index is 15.7. The largest absolute Gasteiger partial charge is 0.496 e. The van der Waals surface area contributed by atoms with Gasteiger partial charge in [0, 0.05) is 50.4 Å². The van der Waals surface area contributed by atoms with E-state index < -0.39 is 0 Å². The van der Waals surface area contributed by atoms with Crippen LogP contribution in [-0.2, 0) is 6.42 Å². The maximum atomic E-state index is 15.7. The van der Waals surface area contributed by atoms with Gasteiger partial charge in [0.05, 0.1) is 12.7 Å². The van der Waals surface area contributed by atoms with Gasteiger partial charge in [-0.05, 0) is 53.9 Å². The van der Waals surface area contributed by atoms with Crippen LogP contribution in [-0.4, -0.2) is 55.7 Å². The molecule has 2 aromatic carbocycles. The molecule has 1 fully saturated rings. The molecule has 1 saturated heterocycles. The lowest BCUT2D eigenvalue weighted by atomic mass is 9.97. The van der Waals surface area contributed by atoms with Crippen molar-refractivity contribution in [3.8, 4) is 16.9 Å². The lowest BCUT2D eigenvalue weighted by Crippen LogP contribution is -2.52. The van der Waals surface area contributed by atoms with Crippen molar-refractivity contribution in [3.63, 3.8) is 0 Å². The Balaban J connectivity index is 1.54. The minimum absolute atomic E-state index is 0.0330. The van der Waals surface area contributed by atoms with Gasteiger partial charge in [0.15, 0.2) is 0 Å². The van der Waals surface area contributed by atoms with Crippen LogP contribution in [0.25, 0.3) is 11.1 Å². The SMILES string of the molecule is CCNC(=O)N1CCN(c2cc(Cc3ccc(OC)c(-c4cccc(Cl)c4)c3F)ccn2)CC1. The molecule has 2 amide bonds. The number of nitrogens with one attached hydrogen (secondary N) is 1. The van der Waals surface area contributed by atoms with Crippen LogP contribution in [0.1, 0.15) is 18.1 Å². The zero-order chi connectivity index (χ0) is 24.1. The first kappa shape index (κ1) is 23.8. The van der Waals surface area contributed by atoms with Gasteiger partial charge in [-0.1, -0.05) is 29.8 Å². The molecular formula is C26H28ClFN4O2. The van der Waals surface area contributed by atoms with Crippen LogP contribution in [0, 0.1) is 5.82 Å². The van der Waals surface area contributed by atoms with Crippen LogP contribution in [0.5, 0.6) is 5.75 Å². The number of carbonyl (C=O) groups excluding carboxylic acids is 1. The van der Waals surface area contributed by atoms with Crippen molar-refractivity contribution >= 4 is 23.4 Å². The van der Waals surface area contributed by atoms with E-state index in [1.807, 2.05) is 30.0 Å². The number of pyridine rings is 1. The molecule has 3 aromatic rings. The van der Waals surface area contributed by atoms with Crippen LogP contribution in [0.2, 0.25) is 5.02 Å². The summed E-state index contributed by atoms with van der Waals surface area (Å²) in [6.07, 6.45) is 2.16. The third-order valence-electron chi connectivity index (χ3n) is 5.94. The predicted octanol–water partition coefficient (Wildman–Crippen LogP) is 4.99. The van der Waals surface area contributed by atoms with Crippen molar-refractivity contribution in [3.05, 3.63) is 76.7 Å². The Bertz CT molecular complexity index is 1170. The topological polar surface area (TPSA) is 57.7 Å². The van der Waals surface area contributed by atoms with Crippen LogP contribution in [0.15, 0.2) is 54.7 Å². The Morgan fingerprint density at radius 1 is 1.15 bits per heavy atom. The molecule has 1 aliphatic heterocycles. The van der Waals surface area contributed by atoms with Gasteiger partial charge < -0.3 is 19.9 Å². The second-order valence-electron chi connectivity index (χ2n) is 8.13. The van der Waals surface area contributed by atoms with Crippen LogP contribution < -0.4 is 15.0 Å². The first-order chi connectivity index (χ1) is 16.5. The molecule has 0 radical (unpaired) electrons. The summed E-state index contributed by atoms with van der Waals surface area (Å²) in [7, 11) is 1.53. The number of benzene rings is 2. The number of aromatic nitrogens is 1. The van der Waals surface area contributed by atoms with E-state index in [4.69, 9.17) is 16.3 Å². The number of hydrogen-bond acceptors (Lipinski definition) is 4. The lowest BCUT2D eigenvalue weighted by molar-refractivity contribution is 0.195. The third-order valence-corrected chi connectivity index (χ3v) is 6.18. The number of piperazine rings is 1. The fraction of sp³-hybridized carbons (Fsp3) is 0.308. The fourth-order valence-electron chi connectivity index (χ4n) is 4.19. The van der Waals surface area contributed by atoms with Gasteiger partial charge >= 0.3 is 6.03 Å². The Morgan fingerprint density at radius 2 is 1.94 bits per heavy atom. The quantitative estimate of drug-likeness (QED) is 0.537. The highest BCUT2D eigenvalue weighted by molar-refractivity contribution is 6.30. The summed E-state index contributed by atoms with van der Waals surface area (Å²) in [4.78, 5) is 20.5. The van der Waals surface area contributed by atoms with E-state index in [0.717, 1.165) is 11.4 Å². The molecule has 8 heteroatoms. The monoisotopic (exact) mass is 482 g/mol. The molecule has 4 rings (SSSR count). The van der Waals surface area contributed by atoms with Crippen molar-refractivity contribution in [1.29, 1.82) is 0 Å². The summed E-state index contributed by atoms with van der Waals surface area (Å²) >= 11 is 6.15. The Hall–Kier alpha value is -3.32. The summed E-state index contributed by atoms with van der Waals surface area (Å²) in [5.74, 6) is 0.969. The van der Waals surface area contributed by atoms with Crippen molar-refractivity contribution in [1.82, 2.24) is 15.2 Å². The van der Waals surface area contributed by atoms with Gasteiger partial charge in [0.25, 0.3) is 0 Å². The van der Waals surface area contributed by atoms with Gasteiger partial charge in [-0.3, -0.25) is 0 Å². The summed E-state index contributed by atoms with van der Waals surface area (Å²) in [6.45, 7) is 5.19. The van der Waals surface area contributed by atoms with E-state index in [2.05, 4.69) is 15.2 Å². The number of urea groups is 1. The van der Waals surface area contributed by atoms with Crippen LogP contribution >= 0.6 is 11.6 Å². The van der Waals surface area contributed by atoms with Gasteiger partial charge in [-0.15, -0.1) is 0 Å². The smallest absolute Gasteiger partial charge is 0.317 e. The predicted molar refractivity (Wildman–Crippen MR) is 133 cm³/mol. The number of ether oxygens (including phenoxy) is 1. The number of halogens is 2. The maximum Gasteiger partial charge on any atom is 0.317 e. The molecule has 0 unspecified atom stereocenters. The van der Waals surface area contributed by atoms with Crippen LogP contribution in [0.4, 0.5) is 15.0 Å². The second kappa shape index (κ2) is 10.7. The molecule has 34 heavy (non-hydrogen) atoms. The van der Waals surface area contributed by atoms with Crippen molar-refractivity contribution < 1.29 is 13.9 Å². The van der Waals surface area contributed by atoms with Crippen molar-refractivity contribution in [2.45, 2.75) is 13.3 Å². The first-order valence-corrected chi connectivity index (χ1v) is 11.7. The molecule has 2 heterocycles. The van der Waals surface area contributed by atoms with E-state index in [1.165, 1.54) is 7.11 Å². The molecule has 0 atom stereocenters. The van der Waals surface area contributed by atoms with E-state index in [9.17, 15) is 4.79 Å². The lowest BCUT2D eigenvalue weighted by Gasteiger charge is -2.35. The summed E-state index contributed by atoms with van der Waals surface area (Å²) in [5, 5.41) is 3.38. The number of methoxy groups -OCH3 is 1. The third kappa shape index (κ3) is 5.25. The van der Waals surface area contributed by atoms with Crippen LogP contribution in [0.3, 0.4) is 0 Å². The Morgan fingerprint density at radius 3 is 2.65 bits per heavy atom. The second-order valence-corrected chi connectivity index (χ2v) is 8.57. The zero-order valence-electron chi connectivity index (χ0n) is 19.4. The molecule has 1 aliphatic rings. The number of hydrogen-bond donors (Lipinski definition) is 1. The molecule has 6 nitrogen and oxygen atoms in total. The normalized spacial score (nSPS) is 13.6. The Labute approximate surface area is 204 Å². The number of carbonyl (C=O) groups is 1. The Kier molecular flexibility index (Phi) is 7.53. The minimum Gasteiger partial charge on any atom is -0.496 e. The van der Waals surface area contributed by atoms with Gasteiger partial charge in [0.1, 0.15) is 17.4 Å². The number of anilines is 1. The summed E-state index contributed by atoms with van der Waals surface area (Å²) in [6, 6.07) is 14.5. The summed E-state index contributed by atoms with van der Waals surface area (Å²) < 4.78 is 21.1. The molecule has 1 N–H and O–H groups in total. The fourth-order valence-corrected chi connectivity index (χ4v) is 4.38. The van der Waals surface area contributed by atoms with E-state index in [0.29, 0.717) is 66.6 Å². The highest BCUT2D eigenvalue weighted by Crippen LogP contribution is 2.36. The number of nitrogens with zero attached hydrogens (tertiary/aromatic N) is 3. The van der Waals surface area contributed by atoms with Crippen molar-refractivity contribution in [2.75, 3.05) is 44.7 Å². The highest BCUT2D eigenvalue weighted by Gasteiger charge is 2.22. The standard InChI is InChI=1S/C26H28ClFN4O2/c1-3-29-26(33)32-13-11-31(12-14-32)23-16-18(9-10-30-23)15-20-7-8-22(34-2)24(25(20)28)19-5-4-6-21(27)17-19/h4-10,16-17H,3,11-15H2,1-2H3,(H,29,33). The zero-order valence-corrected chi connectivity index (χ0v) is 20.1.